The van der Waals surface area contributed by atoms with Gasteiger partial charge in [0.2, 0.25) is 0 Å². The molecule has 0 aliphatic heterocycles. The second-order valence-corrected chi connectivity index (χ2v) is 5.12. The molecule has 2 aromatic carbocycles. The van der Waals surface area contributed by atoms with Crippen molar-refractivity contribution in [1.82, 2.24) is 0 Å². The summed E-state index contributed by atoms with van der Waals surface area (Å²) >= 11 is 3.38. The lowest BCUT2D eigenvalue weighted by Crippen LogP contribution is -2.01. The number of aryl methyl sites for hydroxylation is 1. The average molecular weight is 323 g/mol. The highest BCUT2D eigenvalue weighted by molar-refractivity contribution is 9.09. The zero-order valence-electron chi connectivity index (χ0n) is 10.8. The van der Waals surface area contributed by atoms with Crippen LogP contribution in [-0.2, 0) is 0 Å². The van der Waals surface area contributed by atoms with Gasteiger partial charge in [0.05, 0.1) is 6.61 Å². The van der Waals surface area contributed by atoms with Crippen LogP contribution >= 0.6 is 15.9 Å². The van der Waals surface area contributed by atoms with E-state index >= 15 is 0 Å². The van der Waals surface area contributed by atoms with E-state index in [1.165, 1.54) is 6.07 Å². The molecule has 0 aliphatic rings. The van der Waals surface area contributed by atoms with Crippen LogP contribution in [0.3, 0.4) is 0 Å². The van der Waals surface area contributed by atoms with Crippen molar-refractivity contribution in [3.63, 3.8) is 0 Å². The first-order valence-corrected chi connectivity index (χ1v) is 7.39. The standard InChI is InChI=1S/C16H16BrFO/c1-12-6-4-8-14(16(12)19-11-5-10-17)13-7-2-3-9-15(13)18/h2-4,6-9H,5,10-11H2,1H3. The maximum atomic E-state index is 13.9. The summed E-state index contributed by atoms with van der Waals surface area (Å²) in [6, 6.07) is 12.6. The van der Waals surface area contributed by atoms with Crippen LogP contribution in [0.2, 0.25) is 0 Å². The molecule has 0 saturated heterocycles. The molecule has 3 heteroatoms. The molecular formula is C16H16BrFO. The van der Waals surface area contributed by atoms with Gasteiger partial charge in [0.15, 0.2) is 0 Å². The lowest BCUT2D eigenvalue weighted by molar-refractivity contribution is 0.318. The summed E-state index contributed by atoms with van der Waals surface area (Å²) < 4.78 is 19.7. The highest BCUT2D eigenvalue weighted by atomic mass is 79.9. The molecule has 0 heterocycles. The van der Waals surface area contributed by atoms with Gasteiger partial charge < -0.3 is 4.74 Å². The topological polar surface area (TPSA) is 9.23 Å². The zero-order chi connectivity index (χ0) is 13.7. The van der Waals surface area contributed by atoms with Crippen molar-refractivity contribution >= 4 is 15.9 Å². The Morgan fingerprint density at radius 2 is 1.79 bits per heavy atom. The van der Waals surface area contributed by atoms with Gasteiger partial charge in [-0.25, -0.2) is 4.39 Å². The van der Waals surface area contributed by atoms with Crippen LogP contribution in [-0.4, -0.2) is 11.9 Å². The molecule has 0 saturated carbocycles. The van der Waals surface area contributed by atoms with Gasteiger partial charge in [-0.2, -0.15) is 0 Å². The lowest BCUT2D eigenvalue weighted by atomic mass is 10.0. The molecule has 19 heavy (non-hydrogen) atoms. The third kappa shape index (κ3) is 3.35. The van der Waals surface area contributed by atoms with Crippen molar-refractivity contribution in [3.8, 4) is 16.9 Å². The van der Waals surface area contributed by atoms with Gasteiger partial charge in [-0.15, -0.1) is 0 Å². The predicted molar refractivity (Wildman–Crippen MR) is 80.5 cm³/mol. The molecule has 0 spiro atoms. The van der Waals surface area contributed by atoms with Gasteiger partial charge >= 0.3 is 0 Å². The van der Waals surface area contributed by atoms with Gasteiger partial charge in [0, 0.05) is 16.5 Å². The van der Waals surface area contributed by atoms with E-state index in [0.717, 1.165) is 28.6 Å². The summed E-state index contributed by atoms with van der Waals surface area (Å²) in [6.07, 6.45) is 0.922. The number of para-hydroxylation sites is 1. The molecule has 0 bridgehead atoms. The molecule has 0 amide bonds. The van der Waals surface area contributed by atoms with E-state index in [4.69, 9.17) is 4.74 Å². The van der Waals surface area contributed by atoms with E-state index in [1.807, 2.05) is 31.2 Å². The molecule has 1 nitrogen and oxygen atoms in total. The highest BCUT2D eigenvalue weighted by Gasteiger charge is 2.12. The minimum Gasteiger partial charge on any atom is -0.493 e. The Morgan fingerprint density at radius 1 is 1.05 bits per heavy atom. The van der Waals surface area contributed by atoms with Crippen LogP contribution in [0.5, 0.6) is 5.75 Å². The Balaban J connectivity index is 2.40. The molecule has 2 aromatic rings. The number of halogens is 2. The first-order chi connectivity index (χ1) is 9.24. The molecule has 2 rings (SSSR count). The second kappa shape index (κ2) is 6.71. The molecule has 0 N–H and O–H groups in total. The molecule has 100 valence electrons. The van der Waals surface area contributed by atoms with E-state index in [1.54, 1.807) is 12.1 Å². The van der Waals surface area contributed by atoms with Crippen LogP contribution in [0.15, 0.2) is 42.5 Å². The fourth-order valence-corrected chi connectivity index (χ4v) is 2.19. The number of rotatable bonds is 5. The van der Waals surface area contributed by atoms with Crippen LogP contribution in [0.4, 0.5) is 4.39 Å². The minimum atomic E-state index is -0.224. The van der Waals surface area contributed by atoms with E-state index in [9.17, 15) is 4.39 Å². The number of alkyl halides is 1. The third-order valence-electron chi connectivity index (χ3n) is 2.90. The van der Waals surface area contributed by atoms with Gasteiger partial charge in [0.25, 0.3) is 0 Å². The molecule has 0 unspecified atom stereocenters. The van der Waals surface area contributed by atoms with Crippen LogP contribution in [0, 0.1) is 12.7 Å². The molecule has 0 aliphatic carbocycles. The highest BCUT2D eigenvalue weighted by Crippen LogP contribution is 2.34. The fourth-order valence-electron chi connectivity index (χ4n) is 1.96. The molecule has 0 fully saturated rings. The summed E-state index contributed by atoms with van der Waals surface area (Å²) in [5.41, 5.74) is 2.42. The Morgan fingerprint density at radius 3 is 2.53 bits per heavy atom. The molecular weight excluding hydrogens is 307 g/mol. The number of ether oxygens (including phenoxy) is 1. The maximum Gasteiger partial charge on any atom is 0.131 e. The first kappa shape index (κ1) is 14.1. The van der Waals surface area contributed by atoms with Crippen molar-refractivity contribution in [2.45, 2.75) is 13.3 Å². The van der Waals surface area contributed by atoms with Crippen LogP contribution in [0.1, 0.15) is 12.0 Å². The van der Waals surface area contributed by atoms with Crippen molar-refractivity contribution in [1.29, 1.82) is 0 Å². The Kier molecular flexibility index (Phi) is 4.97. The van der Waals surface area contributed by atoms with E-state index in [-0.39, 0.29) is 5.82 Å². The van der Waals surface area contributed by atoms with Crippen molar-refractivity contribution in [2.24, 2.45) is 0 Å². The van der Waals surface area contributed by atoms with Crippen molar-refractivity contribution in [3.05, 3.63) is 53.8 Å². The van der Waals surface area contributed by atoms with E-state index < -0.39 is 0 Å². The van der Waals surface area contributed by atoms with E-state index in [2.05, 4.69) is 15.9 Å². The molecule has 0 aromatic heterocycles. The van der Waals surface area contributed by atoms with Gasteiger partial charge in [-0.3, -0.25) is 0 Å². The monoisotopic (exact) mass is 322 g/mol. The summed E-state index contributed by atoms with van der Waals surface area (Å²) in [5.74, 6) is 0.548. The Hall–Kier alpha value is -1.35. The first-order valence-electron chi connectivity index (χ1n) is 6.27. The number of benzene rings is 2. The van der Waals surface area contributed by atoms with Gasteiger partial charge in [-0.1, -0.05) is 52.3 Å². The molecule has 0 radical (unpaired) electrons. The van der Waals surface area contributed by atoms with Gasteiger partial charge in [-0.05, 0) is 25.0 Å². The maximum absolute atomic E-state index is 13.9. The third-order valence-corrected chi connectivity index (χ3v) is 3.46. The summed E-state index contributed by atoms with van der Waals surface area (Å²) in [4.78, 5) is 0. The summed E-state index contributed by atoms with van der Waals surface area (Å²) in [7, 11) is 0. The number of hydrogen-bond donors (Lipinski definition) is 0. The Bertz CT molecular complexity index is 554. The summed E-state index contributed by atoms with van der Waals surface area (Å²) in [5, 5.41) is 0.897. The summed E-state index contributed by atoms with van der Waals surface area (Å²) in [6.45, 7) is 2.60. The van der Waals surface area contributed by atoms with Crippen LogP contribution < -0.4 is 4.74 Å². The van der Waals surface area contributed by atoms with Crippen LogP contribution in [0.25, 0.3) is 11.1 Å². The minimum absolute atomic E-state index is 0.224. The lowest BCUT2D eigenvalue weighted by Gasteiger charge is -2.14. The zero-order valence-corrected chi connectivity index (χ0v) is 12.4. The van der Waals surface area contributed by atoms with Crippen molar-refractivity contribution in [2.75, 3.05) is 11.9 Å². The van der Waals surface area contributed by atoms with E-state index in [0.29, 0.717) is 12.2 Å². The average Bonchev–Trinajstić information content (AvgIpc) is 2.41. The normalized spacial score (nSPS) is 10.5. The SMILES string of the molecule is Cc1cccc(-c2ccccc2F)c1OCCCBr. The Labute approximate surface area is 121 Å². The molecule has 0 atom stereocenters. The second-order valence-electron chi connectivity index (χ2n) is 4.32. The number of hydrogen-bond acceptors (Lipinski definition) is 1. The van der Waals surface area contributed by atoms with Crippen molar-refractivity contribution < 1.29 is 9.13 Å². The van der Waals surface area contributed by atoms with Gasteiger partial charge in [0.1, 0.15) is 11.6 Å². The quantitative estimate of drug-likeness (QED) is 0.558. The largest absolute Gasteiger partial charge is 0.493 e. The smallest absolute Gasteiger partial charge is 0.131 e. The predicted octanol–water partition coefficient (Wildman–Crippen LogP) is 4.96. The fraction of sp³-hybridized carbons (Fsp3) is 0.250.